The number of allylic oxidation sites excluding steroid dienone is 1. The number of nitrogens with zero attached hydrogens (tertiary/aromatic N) is 4. The van der Waals surface area contributed by atoms with Crippen LogP contribution in [0.2, 0.25) is 0 Å². The number of rotatable bonds is 4. The Morgan fingerprint density at radius 1 is 1.44 bits per heavy atom. The molecule has 2 rings (SSSR count). The van der Waals surface area contributed by atoms with Gasteiger partial charge in [-0.05, 0) is 35.0 Å². The molecule has 0 unspecified atom stereocenters. The molecule has 0 radical (unpaired) electrons. The minimum Gasteiger partial charge on any atom is -0.289 e. The number of hydrogen-bond donors (Lipinski definition) is 0. The summed E-state index contributed by atoms with van der Waals surface area (Å²) in [5.41, 5.74) is 1.46. The number of aryl methyl sites for hydroxylation is 2. The number of aromatic nitrogens is 4. The largest absolute Gasteiger partial charge is 0.289 e. The maximum atomic E-state index is 11.9. The van der Waals surface area contributed by atoms with Crippen molar-refractivity contribution in [3.8, 4) is 0 Å². The number of hydrogen-bond acceptors (Lipinski definition) is 3. The average molecular weight is 309 g/mol. The molecule has 0 N–H and O–H groups in total. The lowest BCUT2D eigenvalue weighted by molar-refractivity contribution is 0.104. The van der Waals surface area contributed by atoms with Crippen LogP contribution in [0.1, 0.15) is 23.0 Å². The van der Waals surface area contributed by atoms with Crippen molar-refractivity contribution in [1.82, 2.24) is 19.6 Å². The first kappa shape index (κ1) is 12.8. The van der Waals surface area contributed by atoms with E-state index in [4.69, 9.17) is 0 Å². The van der Waals surface area contributed by atoms with Crippen LogP contribution in [0.25, 0.3) is 6.08 Å². The van der Waals surface area contributed by atoms with Gasteiger partial charge in [0.15, 0.2) is 5.78 Å². The van der Waals surface area contributed by atoms with Crippen LogP contribution in [0.15, 0.2) is 29.1 Å². The van der Waals surface area contributed by atoms with Crippen molar-refractivity contribution >= 4 is 27.8 Å². The number of carbonyl (C=O) groups excluding carboxylic acids is 1. The second-order valence-corrected chi connectivity index (χ2v) is 4.65. The second kappa shape index (κ2) is 5.30. The van der Waals surface area contributed by atoms with Crippen molar-refractivity contribution in [2.24, 2.45) is 7.05 Å². The molecule has 0 bridgehead atoms. The smallest absolute Gasteiger partial charge is 0.189 e. The van der Waals surface area contributed by atoms with Crippen LogP contribution in [0.5, 0.6) is 0 Å². The van der Waals surface area contributed by atoms with Gasteiger partial charge in [-0.2, -0.15) is 10.2 Å². The summed E-state index contributed by atoms with van der Waals surface area (Å²) < 4.78 is 4.30. The van der Waals surface area contributed by atoms with Gasteiger partial charge in [-0.1, -0.05) is 0 Å². The molecule has 0 atom stereocenters. The maximum Gasteiger partial charge on any atom is 0.189 e. The first-order valence-electron chi connectivity index (χ1n) is 5.54. The quantitative estimate of drug-likeness (QED) is 0.643. The lowest BCUT2D eigenvalue weighted by atomic mass is 10.2. The van der Waals surface area contributed by atoms with Gasteiger partial charge in [0, 0.05) is 19.8 Å². The molecule has 2 aromatic rings. The van der Waals surface area contributed by atoms with Crippen LogP contribution in [-0.4, -0.2) is 25.3 Å². The summed E-state index contributed by atoms with van der Waals surface area (Å²) in [6.45, 7) is 2.76. The summed E-state index contributed by atoms with van der Waals surface area (Å²) in [5.74, 6) is -0.0705. The highest BCUT2D eigenvalue weighted by Gasteiger charge is 2.07. The van der Waals surface area contributed by atoms with Crippen molar-refractivity contribution in [3.05, 3.63) is 40.4 Å². The molecule has 0 saturated heterocycles. The highest BCUT2D eigenvalue weighted by atomic mass is 79.9. The van der Waals surface area contributed by atoms with E-state index in [-0.39, 0.29) is 5.78 Å². The minimum absolute atomic E-state index is 0.0705. The van der Waals surface area contributed by atoms with E-state index in [1.54, 1.807) is 36.4 Å². The van der Waals surface area contributed by atoms with E-state index in [1.165, 1.54) is 6.08 Å². The van der Waals surface area contributed by atoms with Crippen LogP contribution in [-0.2, 0) is 13.6 Å². The number of carbonyl (C=O) groups is 1. The molecule has 0 amide bonds. The van der Waals surface area contributed by atoms with Crippen molar-refractivity contribution in [3.63, 3.8) is 0 Å². The van der Waals surface area contributed by atoms with Gasteiger partial charge in [0.05, 0.1) is 28.1 Å². The van der Waals surface area contributed by atoms with Gasteiger partial charge in [0.25, 0.3) is 0 Å². The highest BCUT2D eigenvalue weighted by Crippen LogP contribution is 2.17. The predicted octanol–water partition coefficient (Wildman–Crippen LogP) is 2.30. The molecule has 5 nitrogen and oxygen atoms in total. The zero-order valence-electron chi connectivity index (χ0n) is 10.2. The fourth-order valence-electron chi connectivity index (χ4n) is 1.59. The Labute approximate surface area is 113 Å². The summed E-state index contributed by atoms with van der Waals surface area (Å²) >= 11 is 3.41. The topological polar surface area (TPSA) is 52.7 Å². The van der Waals surface area contributed by atoms with Crippen molar-refractivity contribution in [2.45, 2.75) is 13.5 Å². The molecule has 0 fully saturated rings. The Morgan fingerprint density at radius 3 is 2.83 bits per heavy atom. The summed E-state index contributed by atoms with van der Waals surface area (Å²) in [7, 11) is 1.78. The van der Waals surface area contributed by atoms with Crippen molar-refractivity contribution in [2.75, 3.05) is 0 Å². The molecule has 18 heavy (non-hydrogen) atoms. The Hall–Kier alpha value is -1.69. The molecular weight excluding hydrogens is 296 g/mol. The van der Waals surface area contributed by atoms with E-state index in [1.807, 2.05) is 11.6 Å². The lowest BCUT2D eigenvalue weighted by Gasteiger charge is -1.99. The van der Waals surface area contributed by atoms with Crippen molar-refractivity contribution < 1.29 is 4.79 Å². The van der Waals surface area contributed by atoms with Crippen LogP contribution in [0, 0.1) is 0 Å². The maximum absolute atomic E-state index is 11.9. The normalized spacial score (nSPS) is 11.3. The highest BCUT2D eigenvalue weighted by molar-refractivity contribution is 9.10. The van der Waals surface area contributed by atoms with Crippen molar-refractivity contribution in [1.29, 1.82) is 0 Å². The molecule has 0 aromatic carbocycles. The molecule has 0 aliphatic carbocycles. The Balaban J connectivity index is 2.20. The fourth-order valence-corrected chi connectivity index (χ4v) is 2.02. The molecule has 6 heteroatoms. The molecule has 0 aliphatic heterocycles. The monoisotopic (exact) mass is 308 g/mol. The van der Waals surface area contributed by atoms with Gasteiger partial charge < -0.3 is 0 Å². The molecule has 2 aromatic heterocycles. The molecule has 94 valence electrons. The molecule has 2 heterocycles. The fraction of sp³-hybridized carbons (Fsp3) is 0.250. The van der Waals surface area contributed by atoms with Gasteiger partial charge in [0.2, 0.25) is 0 Å². The third-order valence-corrected chi connectivity index (χ3v) is 3.13. The third kappa shape index (κ3) is 2.59. The zero-order chi connectivity index (χ0) is 13.1. The zero-order valence-corrected chi connectivity index (χ0v) is 11.8. The Kier molecular flexibility index (Phi) is 3.76. The third-order valence-electron chi connectivity index (χ3n) is 2.51. The van der Waals surface area contributed by atoms with E-state index in [9.17, 15) is 4.79 Å². The van der Waals surface area contributed by atoms with E-state index in [2.05, 4.69) is 26.1 Å². The SMILES string of the molecule is CCn1ncc(Br)c1/C=C/C(=O)c1cnn(C)c1. The van der Waals surface area contributed by atoms with Gasteiger partial charge >= 0.3 is 0 Å². The standard InChI is InChI=1S/C12H13BrN4O/c1-3-17-11(10(13)7-15-17)4-5-12(18)9-6-14-16(2)8-9/h4-8H,3H2,1-2H3/b5-4+. The van der Waals surface area contributed by atoms with Gasteiger partial charge in [-0.25, -0.2) is 0 Å². The van der Waals surface area contributed by atoms with Gasteiger partial charge in [-0.15, -0.1) is 0 Å². The molecule has 0 aliphatic rings. The number of ketones is 1. The number of halogens is 1. The van der Waals surface area contributed by atoms with Crippen LogP contribution >= 0.6 is 15.9 Å². The summed E-state index contributed by atoms with van der Waals surface area (Å²) in [6, 6.07) is 0. The van der Waals surface area contributed by atoms with Crippen LogP contribution in [0.3, 0.4) is 0 Å². The second-order valence-electron chi connectivity index (χ2n) is 3.79. The van der Waals surface area contributed by atoms with Gasteiger partial charge in [-0.3, -0.25) is 14.2 Å². The average Bonchev–Trinajstić information content (AvgIpc) is 2.93. The summed E-state index contributed by atoms with van der Waals surface area (Å²) in [5, 5.41) is 8.15. The predicted molar refractivity (Wildman–Crippen MR) is 72.2 cm³/mol. The minimum atomic E-state index is -0.0705. The molecule has 0 saturated carbocycles. The van der Waals surface area contributed by atoms with E-state index >= 15 is 0 Å². The summed E-state index contributed by atoms with van der Waals surface area (Å²) in [6.07, 6.45) is 8.26. The first-order chi connectivity index (χ1) is 8.61. The van der Waals surface area contributed by atoms with E-state index in [0.29, 0.717) is 5.56 Å². The lowest BCUT2D eigenvalue weighted by Crippen LogP contribution is -1.99. The van der Waals surface area contributed by atoms with Gasteiger partial charge in [0.1, 0.15) is 0 Å². The first-order valence-corrected chi connectivity index (χ1v) is 6.33. The van der Waals surface area contributed by atoms with E-state index < -0.39 is 0 Å². The molecular formula is C12H13BrN4O. The van der Waals surface area contributed by atoms with E-state index in [0.717, 1.165) is 16.7 Å². The van der Waals surface area contributed by atoms with Crippen LogP contribution in [0.4, 0.5) is 0 Å². The Bertz CT molecular complexity index is 597. The summed E-state index contributed by atoms with van der Waals surface area (Å²) in [4.78, 5) is 11.9. The van der Waals surface area contributed by atoms with Crippen LogP contribution < -0.4 is 0 Å². The molecule has 0 spiro atoms. The Morgan fingerprint density at radius 2 is 2.22 bits per heavy atom.